The molecule has 0 bridgehead atoms. The molecule has 1 saturated carbocycles. The Labute approximate surface area is 228 Å². The summed E-state index contributed by atoms with van der Waals surface area (Å²) in [5.41, 5.74) is 2.42. The number of nitrogens with one attached hydrogen (secondary N) is 1. The molecular formula is C30H34ClN3O4. The van der Waals surface area contributed by atoms with Gasteiger partial charge in [-0.2, -0.15) is 0 Å². The summed E-state index contributed by atoms with van der Waals surface area (Å²) < 4.78 is 11.3. The van der Waals surface area contributed by atoms with Crippen molar-refractivity contribution in [3.63, 3.8) is 0 Å². The molecule has 200 valence electrons. The molecule has 1 N–H and O–H groups in total. The molecule has 0 radical (unpaired) electrons. The maximum Gasteiger partial charge on any atom is 0.287 e. The quantitative estimate of drug-likeness (QED) is 0.426. The van der Waals surface area contributed by atoms with Crippen LogP contribution in [0.25, 0.3) is 11.3 Å². The largest absolute Gasteiger partial charge is 0.495 e. The van der Waals surface area contributed by atoms with E-state index in [1.54, 1.807) is 31.4 Å². The molecule has 1 saturated heterocycles. The van der Waals surface area contributed by atoms with Crippen molar-refractivity contribution >= 4 is 29.1 Å². The summed E-state index contributed by atoms with van der Waals surface area (Å²) in [6, 6.07) is 16.4. The zero-order valence-electron chi connectivity index (χ0n) is 22.1. The number of rotatable bonds is 7. The molecule has 1 aromatic heterocycles. The fourth-order valence-electron chi connectivity index (χ4n) is 5.91. The van der Waals surface area contributed by atoms with Crippen LogP contribution in [-0.2, 0) is 0 Å². The van der Waals surface area contributed by atoms with Crippen molar-refractivity contribution in [1.82, 2.24) is 10.2 Å². The van der Waals surface area contributed by atoms with Crippen LogP contribution in [0.15, 0.2) is 59.0 Å². The first kappa shape index (κ1) is 26.2. The second-order valence-electron chi connectivity index (χ2n) is 10.5. The van der Waals surface area contributed by atoms with Gasteiger partial charge in [-0.25, -0.2) is 0 Å². The maximum atomic E-state index is 13.4. The summed E-state index contributed by atoms with van der Waals surface area (Å²) in [7, 11) is 5.52. The second-order valence-corrected chi connectivity index (χ2v) is 10.9. The van der Waals surface area contributed by atoms with Gasteiger partial charge in [-0.1, -0.05) is 18.0 Å². The third kappa shape index (κ3) is 5.39. The van der Waals surface area contributed by atoms with E-state index in [1.165, 1.54) is 0 Å². The molecule has 38 heavy (non-hydrogen) atoms. The van der Waals surface area contributed by atoms with Crippen LogP contribution in [0.4, 0.5) is 5.69 Å². The van der Waals surface area contributed by atoms with Crippen molar-refractivity contribution in [3.8, 4) is 17.1 Å². The number of benzene rings is 2. The van der Waals surface area contributed by atoms with Gasteiger partial charge in [0.2, 0.25) is 0 Å². The molecular weight excluding hydrogens is 502 g/mol. The third-order valence-electron chi connectivity index (χ3n) is 7.93. The molecule has 2 aliphatic rings. The van der Waals surface area contributed by atoms with Crippen molar-refractivity contribution in [1.29, 1.82) is 0 Å². The molecule has 2 heterocycles. The lowest BCUT2D eigenvalue weighted by Crippen LogP contribution is -2.37. The minimum Gasteiger partial charge on any atom is -0.495 e. The molecule has 2 fully saturated rings. The highest BCUT2D eigenvalue weighted by atomic mass is 35.5. The number of halogens is 1. The van der Waals surface area contributed by atoms with Crippen LogP contribution in [-0.4, -0.2) is 57.6 Å². The molecule has 5 rings (SSSR count). The predicted molar refractivity (Wildman–Crippen MR) is 149 cm³/mol. The Bertz CT molecular complexity index is 1300. The third-order valence-corrected chi connectivity index (χ3v) is 8.18. The molecule has 2 amide bonds. The van der Waals surface area contributed by atoms with E-state index >= 15 is 0 Å². The smallest absolute Gasteiger partial charge is 0.287 e. The SMILES string of the molecule is COc1ccc(C(=O)N2C[C@H]3CCC[C@H](CNC(=O)c4ccc(-c5ccc(Cl)cc5)o4)[C@H]3C2)cc1N(C)C. The summed E-state index contributed by atoms with van der Waals surface area (Å²) in [5.74, 6) is 2.67. The highest BCUT2D eigenvalue weighted by Crippen LogP contribution is 2.41. The highest BCUT2D eigenvalue weighted by Gasteiger charge is 2.42. The molecule has 2 aromatic carbocycles. The number of carbonyl (C=O) groups is 2. The Hall–Kier alpha value is -3.45. The Kier molecular flexibility index (Phi) is 7.65. The lowest BCUT2D eigenvalue weighted by molar-refractivity contribution is 0.0778. The number of hydrogen-bond donors (Lipinski definition) is 1. The first-order valence-corrected chi connectivity index (χ1v) is 13.5. The number of furan rings is 1. The first-order chi connectivity index (χ1) is 18.3. The van der Waals surface area contributed by atoms with Gasteiger partial charge in [0, 0.05) is 49.9 Å². The molecule has 7 nitrogen and oxygen atoms in total. The number of amides is 2. The zero-order chi connectivity index (χ0) is 26.8. The van der Waals surface area contributed by atoms with Crippen molar-refractivity contribution in [2.45, 2.75) is 19.3 Å². The summed E-state index contributed by atoms with van der Waals surface area (Å²) in [6.07, 6.45) is 3.27. The van der Waals surface area contributed by atoms with E-state index in [4.69, 9.17) is 20.8 Å². The average molecular weight is 536 g/mol. The van der Waals surface area contributed by atoms with E-state index in [0.717, 1.165) is 49.4 Å². The number of hydrogen-bond acceptors (Lipinski definition) is 5. The molecule has 1 aliphatic carbocycles. The number of anilines is 1. The Morgan fingerprint density at radius 3 is 2.61 bits per heavy atom. The number of nitrogens with zero attached hydrogens (tertiary/aromatic N) is 2. The predicted octanol–water partition coefficient (Wildman–Crippen LogP) is 5.59. The Balaban J connectivity index is 1.21. The van der Waals surface area contributed by atoms with E-state index in [9.17, 15) is 9.59 Å². The molecule has 0 unspecified atom stereocenters. The minimum absolute atomic E-state index is 0.0539. The van der Waals surface area contributed by atoms with Crippen LogP contribution in [0.1, 0.15) is 40.2 Å². The number of fused-ring (bicyclic) bond motifs is 1. The average Bonchev–Trinajstić information content (AvgIpc) is 3.59. The van der Waals surface area contributed by atoms with Gasteiger partial charge in [0.05, 0.1) is 12.8 Å². The molecule has 8 heteroatoms. The molecule has 3 atom stereocenters. The zero-order valence-corrected chi connectivity index (χ0v) is 22.8. The van der Waals surface area contributed by atoms with Gasteiger partial charge in [-0.05, 0) is 85.2 Å². The Morgan fingerprint density at radius 1 is 1.08 bits per heavy atom. The van der Waals surface area contributed by atoms with Gasteiger partial charge in [0.15, 0.2) is 5.76 Å². The van der Waals surface area contributed by atoms with E-state index in [1.807, 2.05) is 54.2 Å². The fourth-order valence-corrected chi connectivity index (χ4v) is 6.03. The van der Waals surface area contributed by atoms with E-state index in [0.29, 0.717) is 46.4 Å². The van der Waals surface area contributed by atoms with Crippen molar-refractivity contribution in [2.24, 2.45) is 17.8 Å². The highest BCUT2D eigenvalue weighted by molar-refractivity contribution is 6.30. The number of carbonyl (C=O) groups excluding carboxylic acids is 2. The first-order valence-electron chi connectivity index (χ1n) is 13.1. The lowest BCUT2D eigenvalue weighted by Gasteiger charge is -2.32. The van der Waals surface area contributed by atoms with E-state index in [-0.39, 0.29) is 11.8 Å². The normalized spacial score (nSPS) is 20.6. The lowest BCUT2D eigenvalue weighted by atomic mass is 9.74. The Morgan fingerprint density at radius 2 is 1.87 bits per heavy atom. The van der Waals surface area contributed by atoms with Crippen LogP contribution in [0.2, 0.25) is 5.02 Å². The van der Waals surface area contributed by atoms with Crippen LogP contribution in [0.5, 0.6) is 5.75 Å². The van der Waals surface area contributed by atoms with Gasteiger partial charge in [0.1, 0.15) is 11.5 Å². The van der Waals surface area contributed by atoms with Crippen LogP contribution in [0.3, 0.4) is 0 Å². The number of methoxy groups -OCH3 is 1. The van der Waals surface area contributed by atoms with Crippen LogP contribution in [0, 0.1) is 17.8 Å². The van der Waals surface area contributed by atoms with Gasteiger partial charge in [0.25, 0.3) is 11.8 Å². The number of ether oxygens (including phenoxy) is 1. The van der Waals surface area contributed by atoms with Crippen molar-refractivity contribution in [3.05, 3.63) is 70.9 Å². The summed E-state index contributed by atoms with van der Waals surface area (Å²) in [6.45, 7) is 2.06. The second kappa shape index (κ2) is 11.1. The van der Waals surface area contributed by atoms with Gasteiger partial charge >= 0.3 is 0 Å². The van der Waals surface area contributed by atoms with Crippen molar-refractivity contribution in [2.75, 3.05) is 45.7 Å². The minimum atomic E-state index is -0.215. The summed E-state index contributed by atoms with van der Waals surface area (Å²) in [5, 5.41) is 3.74. The fraction of sp³-hybridized carbons (Fsp3) is 0.400. The van der Waals surface area contributed by atoms with Gasteiger partial charge in [-0.15, -0.1) is 0 Å². The molecule has 3 aromatic rings. The summed E-state index contributed by atoms with van der Waals surface area (Å²) in [4.78, 5) is 30.2. The van der Waals surface area contributed by atoms with Gasteiger partial charge in [-0.3, -0.25) is 9.59 Å². The summed E-state index contributed by atoms with van der Waals surface area (Å²) >= 11 is 5.97. The molecule has 1 aliphatic heterocycles. The van der Waals surface area contributed by atoms with E-state index < -0.39 is 0 Å². The monoisotopic (exact) mass is 535 g/mol. The van der Waals surface area contributed by atoms with Crippen molar-refractivity contribution < 1.29 is 18.7 Å². The van der Waals surface area contributed by atoms with Crippen LogP contribution < -0.4 is 15.0 Å². The standard InChI is InChI=1S/C30H34ClN3O4/c1-33(2)25-15-20(9-12-27(25)37-3)30(36)34-17-22-6-4-5-21(24(22)18-34)16-32-29(35)28-14-13-26(38-28)19-7-10-23(31)11-8-19/h7-15,21-22,24H,4-6,16-18H2,1-3H3,(H,32,35)/t21-,22-,24-/m1/s1. The van der Waals surface area contributed by atoms with Gasteiger partial charge < -0.3 is 24.3 Å². The van der Waals surface area contributed by atoms with E-state index in [2.05, 4.69) is 5.32 Å². The maximum absolute atomic E-state index is 13.4. The topological polar surface area (TPSA) is 75.0 Å². The molecule has 0 spiro atoms. The van der Waals surface area contributed by atoms with Crippen LogP contribution >= 0.6 is 11.6 Å². The number of likely N-dealkylation sites (tertiary alicyclic amines) is 1.